The molecule has 2 aromatic carbocycles. The minimum absolute atomic E-state index is 0.0855. The van der Waals surface area contributed by atoms with Gasteiger partial charge in [0.05, 0.1) is 21.6 Å². The molecule has 1 saturated heterocycles. The van der Waals surface area contributed by atoms with Gasteiger partial charge in [0.25, 0.3) is 0 Å². The predicted molar refractivity (Wildman–Crippen MR) is 128 cm³/mol. The van der Waals surface area contributed by atoms with Crippen molar-refractivity contribution in [1.29, 1.82) is 0 Å². The van der Waals surface area contributed by atoms with Crippen molar-refractivity contribution < 1.29 is 22.7 Å². The quantitative estimate of drug-likeness (QED) is 0.480. The maximum atomic E-state index is 13.4. The van der Waals surface area contributed by atoms with Crippen LogP contribution in [0.25, 0.3) is 11.0 Å². The van der Waals surface area contributed by atoms with E-state index in [4.69, 9.17) is 4.74 Å². The number of benzene rings is 2. The zero-order chi connectivity index (χ0) is 24.3. The van der Waals surface area contributed by atoms with Crippen LogP contribution in [-0.2, 0) is 37.5 Å². The van der Waals surface area contributed by atoms with E-state index >= 15 is 0 Å². The van der Waals surface area contributed by atoms with Crippen molar-refractivity contribution in [1.82, 2.24) is 13.9 Å². The zero-order valence-corrected chi connectivity index (χ0v) is 20.6. The fraction of sp³-hybridized carbons (Fsp3) is 0.348. The van der Waals surface area contributed by atoms with Crippen LogP contribution in [0.15, 0.2) is 52.3 Å². The summed E-state index contributed by atoms with van der Waals surface area (Å²) in [6, 6.07) is 12.3. The predicted octanol–water partition coefficient (Wildman–Crippen LogP) is 2.98. The Morgan fingerprint density at radius 2 is 2.00 bits per heavy atom. The van der Waals surface area contributed by atoms with Crippen LogP contribution in [0, 0.1) is 0 Å². The Morgan fingerprint density at radius 3 is 2.74 bits per heavy atom. The summed E-state index contributed by atoms with van der Waals surface area (Å²) < 4.78 is 33.8. The second-order valence-electron chi connectivity index (χ2n) is 8.37. The van der Waals surface area contributed by atoms with E-state index in [2.05, 4.69) is 4.98 Å². The second kappa shape index (κ2) is 8.10. The van der Waals surface area contributed by atoms with Gasteiger partial charge in [-0.05, 0) is 37.3 Å². The lowest BCUT2D eigenvalue weighted by Gasteiger charge is -2.28. The van der Waals surface area contributed by atoms with Gasteiger partial charge in [-0.25, -0.2) is 22.5 Å². The highest BCUT2D eigenvalue weighted by Gasteiger charge is 2.58. The smallest absolute Gasteiger partial charge is 0.343 e. The van der Waals surface area contributed by atoms with E-state index in [0.29, 0.717) is 24.3 Å². The first-order valence-electron chi connectivity index (χ1n) is 10.9. The molecule has 1 fully saturated rings. The number of para-hydroxylation sites is 1. The molecule has 0 bridgehead atoms. The molecule has 2 aliphatic rings. The Kier molecular flexibility index (Phi) is 5.45. The molecule has 3 aromatic rings. The van der Waals surface area contributed by atoms with Crippen LogP contribution in [0.2, 0.25) is 0 Å². The van der Waals surface area contributed by atoms with Crippen LogP contribution >= 0.6 is 11.8 Å². The zero-order valence-electron chi connectivity index (χ0n) is 19.0. The molecule has 3 heterocycles. The van der Waals surface area contributed by atoms with Gasteiger partial charge < -0.3 is 9.30 Å². The first-order valence-corrected chi connectivity index (χ1v) is 13.1. The lowest BCUT2D eigenvalue weighted by Crippen LogP contribution is -2.47. The lowest BCUT2D eigenvalue weighted by molar-refractivity contribution is -0.148. The van der Waals surface area contributed by atoms with Gasteiger partial charge in [0.1, 0.15) is 12.4 Å². The Bertz CT molecular complexity index is 1430. The van der Waals surface area contributed by atoms with Crippen molar-refractivity contribution in [3.63, 3.8) is 0 Å². The number of carbonyl (C=O) groups excluding carboxylic acids is 2. The average molecular weight is 501 g/mol. The SMILES string of the molecule is CCn1c(COC(=O)[C@@]23CCC(=O)N2c2ccccc2S3)nc2cc(S(=O)(=O)N(C)C)ccc21. The Hall–Kier alpha value is -2.89. The summed E-state index contributed by atoms with van der Waals surface area (Å²) in [5, 5.41) is 0. The number of sulfonamides is 1. The molecule has 11 heteroatoms. The van der Waals surface area contributed by atoms with Gasteiger partial charge in [-0.1, -0.05) is 23.9 Å². The number of hydrogen-bond acceptors (Lipinski definition) is 7. The molecular weight excluding hydrogens is 476 g/mol. The molecule has 178 valence electrons. The highest BCUT2D eigenvalue weighted by atomic mass is 32.2. The van der Waals surface area contributed by atoms with E-state index in [9.17, 15) is 18.0 Å². The van der Waals surface area contributed by atoms with Crippen molar-refractivity contribution in [3.05, 3.63) is 48.3 Å². The van der Waals surface area contributed by atoms with Crippen molar-refractivity contribution in [2.24, 2.45) is 0 Å². The Balaban J connectivity index is 1.43. The molecule has 0 saturated carbocycles. The van der Waals surface area contributed by atoms with Crippen molar-refractivity contribution in [2.75, 3.05) is 19.0 Å². The number of anilines is 1. The monoisotopic (exact) mass is 500 g/mol. The third-order valence-corrected chi connectivity index (χ3v) is 9.49. The van der Waals surface area contributed by atoms with E-state index in [1.807, 2.05) is 35.8 Å². The topological polar surface area (TPSA) is 102 Å². The minimum atomic E-state index is -3.60. The third kappa shape index (κ3) is 3.33. The fourth-order valence-electron chi connectivity index (χ4n) is 4.51. The van der Waals surface area contributed by atoms with Gasteiger partial charge in [0, 0.05) is 38.4 Å². The van der Waals surface area contributed by atoms with Crippen molar-refractivity contribution in [2.45, 2.75) is 47.6 Å². The molecule has 1 aromatic heterocycles. The molecule has 0 radical (unpaired) electrons. The average Bonchev–Trinajstić information content (AvgIpc) is 3.46. The number of hydrogen-bond donors (Lipinski definition) is 0. The number of fused-ring (bicyclic) bond motifs is 4. The first kappa shape index (κ1) is 22.9. The summed E-state index contributed by atoms with van der Waals surface area (Å²) >= 11 is 1.36. The van der Waals surface area contributed by atoms with Crippen LogP contribution in [0.3, 0.4) is 0 Å². The Labute approximate surface area is 201 Å². The molecule has 0 unspecified atom stereocenters. The van der Waals surface area contributed by atoms with E-state index in [-0.39, 0.29) is 23.8 Å². The molecular formula is C23H24N4O5S2. The highest BCUT2D eigenvalue weighted by molar-refractivity contribution is 8.02. The number of thioether (sulfide) groups is 1. The standard InChI is InChI=1S/C23H24N4O5S2/c1-4-26-17-10-9-15(34(30,31)25(2)3)13-16(17)24-20(26)14-32-22(29)23-12-11-21(28)27(23)18-7-5-6-8-19(18)33-23/h5-10,13H,4,11-12,14H2,1-3H3/t23-/m0/s1. The molecule has 0 spiro atoms. The van der Waals surface area contributed by atoms with Gasteiger partial charge in [0.2, 0.25) is 15.9 Å². The maximum Gasteiger partial charge on any atom is 0.343 e. The number of ether oxygens (including phenoxy) is 1. The van der Waals surface area contributed by atoms with Gasteiger partial charge in [-0.2, -0.15) is 0 Å². The van der Waals surface area contributed by atoms with Crippen molar-refractivity contribution in [3.8, 4) is 0 Å². The number of rotatable bonds is 6. The number of aromatic nitrogens is 2. The summed E-state index contributed by atoms with van der Waals surface area (Å²) in [5.74, 6) is -0.0620. The molecule has 9 nitrogen and oxygen atoms in total. The van der Waals surface area contributed by atoms with Crippen LogP contribution in [0.4, 0.5) is 5.69 Å². The highest BCUT2D eigenvalue weighted by Crippen LogP contribution is 2.56. The molecule has 0 N–H and O–H groups in total. The summed E-state index contributed by atoms with van der Waals surface area (Å²) in [6.07, 6.45) is 0.660. The summed E-state index contributed by atoms with van der Waals surface area (Å²) in [7, 11) is -0.645. The van der Waals surface area contributed by atoms with Crippen LogP contribution in [0.1, 0.15) is 25.6 Å². The lowest BCUT2D eigenvalue weighted by atomic mass is 10.2. The van der Waals surface area contributed by atoms with Gasteiger partial charge in [-0.15, -0.1) is 0 Å². The first-order chi connectivity index (χ1) is 16.2. The number of amides is 1. The van der Waals surface area contributed by atoms with Gasteiger partial charge in [-0.3, -0.25) is 9.69 Å². The molecule has 5 rings (SSSR count). The van der Waals surface area contributed by atoms with E-state index in [0.717, 1.165) is 20.4 Å². The fourth-order valence-corrected chi connectivity index (χ4v) is 6.84. The van der Waals surface area contributed by atoms with E-state index in [1.165, 1.54) is 31.9 Å². The van der Waals surface area contributed by atoms with Gasteiger partial charge in [0.15, 0.2) is 4.87 Å². The minimum Gasteiger partial charge on any atom is -0.455 e. The van der Waals surface area contributed by atoms with Crippen LogP contribution in [-0.4, -0.2) is 53.1 Å². The molecule has 1 atom stereocenters. The number of esters is 1. The normalized spacial score (nSPS) is 19.6. The molecule has 34 heavy (non-hydrogen) atoms. The van der Waals surface area contributed by atoms with Crippen LogP contribution < -0.4 is 4.90 Å². The molecule has 0 aliphatic carbocycles. The maximum absolute atomic E-state index is 13.4. The summed E-state index contributed by atoms with van der Waals surface area (Å²) in [6.45, 7) is 2.42. The van der Waals surface area contributed by atoms with E-state index in [1.54, 1.807) is 17.0 Å². The largest absolute Gasteiger partial charge is 0.455 e. The number of nitrogens with zero attached hydrogens (tertiary/aromatic N) is 4. The molecule has 2 aliphatic heterocycles. The van der Waals surface area contributed by atoms with Gasteiger partial charge >= 0.3 is 5.97 Å². The third-order valence-electron chi connectivity index (χ3n) is 6.22. The summed E-state index contributed by atoms with van der Waals surface area (Å²) in [4.78, 5) is 32.0. The number of imidazole rings is 1. The van der Waals surface area contributed by atoms with E-state index < -0.39 is 20.9 Å². The van der Waals surface area contributed by atoms with Crippen LogP contribution in [0.5, 0.6) is 0 Å². The second-order valence-corrected chi connectivity index (χ2v) is 11.8. The number of carbonyl (C=O) groups is 2. The number of aryl methyl sites for hydroxylation is 1. The Morgan fingerprint density at radius 1 is 1.24 bits per heavy atom. The summed E-state index contributed by atoms with van der Waals surface area (Å²) in [5.41, 5.74) is 2.00. The van der Waals surface area contributed by atoms with Crippen molar-refractivity contribution >= 4 is 50.4 Å². The molecule has 1 amide bonds.